The molecule has 0 radical (unpaired) electrons. The lowest BCUT2D eigenvalue weighted by Gasteiger charge is -2.35. The van der Waals surface area contributed by atoms with Gasteiger partial charge in [-0.3, -0.25) is 9.80 Å². The van der Waals surface area contributed by atoms with Crippen LogP contribution in [0.25, 0.3) is 0 Å². The summed E-state index contributed by atoms with van der Waals surface area (Å²) in [6.07, 6.45) is -4.32. The van der Waals surface area contributed by atoms with Crippen molar-refractivity contribution in [1.82, 2.24) is 9.80 Å². The zero-order valence-corrected chi connectivity index (χ0v) is 13.8. The summed E-state index contributed by atoms with van der Waals surface area (Å²) in [4.78, 5) is 4.23. The van der Waals surface area contributed by atoms with Crippen LogP contribution in [0.3, 0.4) is 0 Å². The largest absolute Gasteiger partial charge is 0.416 e. The zero-order valence-electron chi connectivity index (χ0n) is 13.8. The van der Waals surface area contributed by atoms with E-state index in [4.69, 9.17) is 0 Å². The van der Waals surface area contributed by atoms with Crippen LogP contribution in [-0.2, 0) is 19.3 Å². The Bertz CT molecular complexity index is 707. The fourth-order valence-electron chi connectivity index (χ4n) is 3.17. The lowest BCUT2D eigenvalue weighted by atomic mass is 10.1. The average Bonchev–Trinajstić information content (AvgIpc) is 2.56. The number of rotatable bonds is 4. The Kier molecular flexibility index (Phi) is 5.39. The van der Waals surface area contributed by atoms with Crippen LogP contribution in [0.2, 0.25) is 0 Å². The molecule has 0 amide bonds. The number of piperazine rings is 1. The summed E-state index contributed by atoms with van der Waals surface area (Å²) in [7, 11) is 0. The highest BCUT2D eigenvalue weighted by atomic mass is 19.4. The first-order chi connectivity index (χ1) is 11.9. The van der Waals surface area contributed by atoms with Gasteiger partial charge < -0.3 is 0 Å². The number of halogens is 4. The van der Waals surface area contributed by atoms with Crippen molar-refractivity contribution in [2.75, 3.05) is 26.2 Å². The second kappa shape index (κ2) is 7.54. The fraction of sp³-hybridized carbons (Fsp3) is 0.368. The molecule has 1 heterocycles. The van der Waals surface area contributed by atoms with Crippen LogP contribution in [0, 0.1) is 5.82 Å². The van der Waals surface area contributed by atoms with Gasteiger partial charge in [-0.15, -0.1) is 0 Å². The lowest BCUT2D eigenvalue weighted by Crippen LogP contribution is -2.45. The summed E-state index contributed by atoms with van der Waals surface area (Å²) in [5.41, 5.74) is 0.668. The Hall–Kier alpha value is -1.92. The van der Waals surface area contributed by atoms with Crippen molar-refractivity contribution in [2.24, 2.45) is 0 Å². The molecule has 0 bridgehead atoms. The molecule has 0 unspecified atom stereocenters. The molecule has 6 heteroatoms. The monoisotopic (exact) mass is 352 g/mol. The smallest absolute Gasteiger partial charge is 0.297 e. The van der Waals surface area contributed by atoms with E-state index in [1.807, 2.05) is 11.0 Å². The molecule has 0 aromatic heterocycles. The highest BCUT2D eigenvalue weighted by molar-refractivity contribution is 5.29. The average molecular weight is 352 g/mol. The molecule has 2 aromatic rings. The van der Waals surface area contributed by atoms with Crippen LogP contribution in [0.4, 0.5) is 17.6 Å². The van der Waals surface area contributed by atoms with Crippen molar-refractivity contribution < 1.29 is 17.6 Å². The maximum atomic E-state index is 13.2. The van der Waals surface area contributed by atoms with Gasteiger partial charge >= 0.3 is 6.18 Å². The van der Waals surface area contributed by atoms with Gasteiger partial charge in [0.25, 0.3) is 0 Å². The van der Waals surface area contributed by atoms with Crippen LogP contribution >= 0.6 is 0 Å². The Morgan fingerprint density at radius 1 is 0.800 bits per heavy atom. The highest BCUT2D eigenvalue weighted by Gasteiger charge is 2.33. The number of hydrogen-bond donors (Lipinski definition) is 0. The number of nitrogens with zero attached hydrogens (tertiary/aromatic N) is 2. The normalized spacial score (nSPS) is 17.0. The standard InChI is InChI=1S/C19H20F4N2/c20-17-6-3-4-15(12-17)13-24-8-10-25(11-9-24)14-16-5-1-2-7-18(16)19(21,22)23/h1-7,12H,8-11,13-14H2. The van der Waals surface area contributed by atoms with Crippen molar-refractivity contribution >= 4 is 0 Å². The minimum atomic E-state index is -4.32. The van der Waals surface area contributed by atoms with Gasteiger partial charge in [-0.25, -0.2) is 4.39 Å². The molecule has 2 aromatic carbocycles. The van der Waals surface area contributed by atoms with E-state index in [9.17, 15) is 17.6 Å². The van der Waals surface area contributed by atoms with Gasteiger partial charge in [0.15, 0.2) is 0 Å². The molecule has 2 nitrogen and oxygen atoms in total. The van der Waals surface area contributed by atoms with Gasteiger partial charge in [0.05, 0.1) is 5.56 Å². The molecule has 134 valence electrons. The summed E-state index contributed by atoms with van der Waals surface area (Å²) < 4.78 is 52.5. The van der Waals surface area contributed by atoms with Crippen LogP contribution in [0.5, 0.6) is 0 Å². The van der Waals surface area contributed by atoms with Crippen LogP contribution in [0.1, 0.15) is 16.7 Å². The van der Waals surface area contributed by atoms with Gasteiger partial charge in [-0.05, 0) is 29.3 Å². The van der Waals surface area contributed by atoms with E-state index >= 15 is 0 Å². The lowest BCUT2D eigenvalue weighted by molar-refractivity contribution is -0.138. The molecule has 1 fully saturated rings. The van der Waals surface area contributed by atoms with Crippen molar-refractivity contribution in [3.05, 3.63) is 71.0 Å². The second-order valence-corrected chi connectivity index (χ2v) is 6.34. The molecule has 1 aliphatic heterocycles. The Balaban J connectivity index is 1.57. The van der Waals surface area contributed by atoms with E-state index in [1.165, 1.54) is 18.2 Å². The molecule has 0 spiro atoms. The summed E-state index contributed by atoms with van der Waals surface area (Å²) >= 11 is 0. The van der Waals surface area contributed by atoms with Crippen LogP contribution < -0.4 is 0 Å². The summed E-state index contributed by atoms with van der Waals surface area (Å²) in [6, 6.07) is 12.3. The van der Waals surface area contributed by atoms with Crippen molar-refractivity contribution in [3.63, 3.8) is 0 Å². The van der Waals surface area contributed by atoms with Crippen molar-refractivity contribution in [1.29, 1.82) is 0 Å². The van der Waals surface area contributed by atoms with Gasteiger partial charge in [-0.2, -0.15) is 13.2 Å². The van der Waals surface area contributed by atoms with Gasteiger partial charge in [0, 0.05) is 39.3 Å². The zero-order chi connectivity index (χ0) is 17.9. The summed E-state index contributed by atoms with van der Waals surface area (Å²) in [6.45, 7) is 3.85. The second-order valence-electron chi connectivity index (χ2n) is 6.34. The van der Waals surface area contributed by atoms with Crippen molar-refractivity contribution in [2.45, 2.75) is 19.3 Å². The third-order valence-electron chi connectivity index (χ3n) is 4.48. The highest BCUT2D eigenvalue weighted by Crippen LogP contribution is 2.32. The minimum Gasteiger partial charge on any atom is -0.297 e. The Morgan fingerprint density at radius 2 is 1.44 bits per heavy atom. The van der Waals surface area contributed by atoms with Gasteiger partial charge in [-0.1, -0.05) is 30.3 Å². The predicted molar refractivity (Wildman–Crippen MR) is 88.4 cm³/mol. The van der Waals surface area contributed by atoms with E-state index < -0.39 is 11.7 Å². The molecular formula is C19H20F4N2. The molecule has 0 N–H and O–H groups in total. The quantitative estimate of drug-likeness (QED) is 0.763. The minimum absolute atomic E-state index is 0.250. The third kappa shape index (κ3) is 4.80. The fourth-order valence-corrected chi connectivity index (χ4v) is 3.17. The molecule has 0 atom stereocenters. The van der Waals surface area contributed by atoms with Crippen LogP contribution in [-0.4, -0.2) is 36.0 Å². The molecule has 0 aliphatic carbocycles. The molecule has 1 saturated heterocycles. The van der Waals surface area contributed by atoms with Gasteiger partial charge in [0.2, 0.25) is 0 Å². The maximum absolute atomic E-state index is 13.2. The molecule has 1 aliphatic rings. The Labute approximate surface area is 144 Å². The summed E-state index contributed by atoms with van der Waals surface area (Å²) in [5, 5.41) is 0. The Morgan fingerprint density at radius 3 is 2.08 bits per heavy atom. The SMILES string of the molecule is Fc1cccc(CN2CCN(Cc3ccccc3C(F)(F)F)CC2)c1. The first-order valence-corrected chi connectivity index (χ1v) is 8.26. The van der Waals surface area contributed by atoms with E-state index in [1.54, 1.807) is 18.2 Å². The number of alkyl halides is 3. The molecule has 3 rings (SSSR count). The van der Waals surface area contributed by atoms with E-state index in [0.717, 1.165) is 24.7 Å². The van der Waals surface area contributed by atoms with E-state index in [2.05, 4.69) is 4.90 Å². The third-order valence-corrected chi connectivity index (χ3v) is 4.48. The van der Waals surface area contributed by atoms with E-state index in [0.29, 0.717) is 31.7 Å². The topological polar surface area (TPSA) is 6.48 Å². The summed E-state index contributed by atoms with van der Waals surface area (Å²) in [5.74, 6) is -0.250. The predicted octanol–water partition coefficient (Wildman–Crippen LogP) is 4.16. The maximum Gasteiger partial charge on any atom is 0.416 e. The van der Waals surface area contributed by atoms with E-state index in [-0.39, 0.29) is 5.82 Å². The first kappa shape index (κ1) is 17.9. The number of hydrogen-bond acceptors (Lipinski definition) is 2. The first-order valence-electron chi connectivity index (χ1n) is 8.26. The number of benzene rings is 2. The van der Waals surface area contributed by atoms with Crippen molar-refractivity contribution in [3.8, 4) is 0 Å². The molecule has 0 saturated carbocycles. The molecule has 25 heavy (non-hydrogen) atoms. The van der Waals surface area contributed by atoms with Crippen LogP contribution in [0.15, 0.2) is 48.5 Å². The van der Waals surface area contributed by atoms with Gasteiger partial charge in [0.1, 0.15) is 5.82 Å². The molecular weight excluding hydrogens is 332 g/mol.